The van der Waals surface area contributed by atoms with Gasteiger partial charge in [0.2, 0.25) is 5.89 Å². The van der Waals surface area contributed by atoms with Gasteiger partial charge in [0.25, 0.3) is 5.89 Å². The summed E-state index contributed by atoms with van der Waals surface area (Å²) >= 11 is 0. The van der Waals surface area contributed by atoms with Crippen LogP contribution in [0.2, 0.25) is 0 Å². The summed E-state index contributed by atoms with van der Waals surface area (Å²) in [5.41, 5.74) is 0.712. The van der Waals surface area contributed by atoms with E-state index in [9.17, 15) is 5.11 Å². The first kappa shape index (κ1) is 10.6. The first-order chi connectivity index (χ1) is 7.72. The maximum absolute atomic E-state index is 9.28. The molecular weight excluding hydrogens is 208 g/mol. The molecule has 84 valence electrons. The Kier molecular flexibility index (Phi) is 2.87. The fourth-order valence-electron chi connectivity index (χ4n) is 1.33. The van der Waals surface area contributed by atoms with Crippen LogP contribution in [0.4, 0.5) is 0 Å². The molecule has 0 spiro atoms. The van der Waals surface area contributed by atoms with Crippen LogP contribution in [0.5, 0.6) is 5.75 Å². The van der Waals surface area contributed by atoms with E-state index in [1.807, 2.05) is 24.3 Å². The van der Waals surface area contributed by atoms with Gasteiger partial charge in [-0.3, -0.25) is 0 Å². The Bertz CT molecular complexity index is 480. The summed E-state index contributed by atoms with van der Waals surface area (Å²) in [4.78, 5) is 0. The Morgan fingerprint density at radius 1 is 1.31 bits per heavy atom. The molecule has 16 heavy (non-hydrogen) atoms. The molecular formula is C11H12N2O3. The van der Waals surface area contributed by atoms with Gasteiger partial charge in [0.1, 0.15) is 11.9 Å². The standard InChI is InChI=1S/C11H12N2O3/c1-7(14)10-12-13-11(16-10)8-5-3-4-6-9(8)15-2/h3-7,14H,1-2H3. The zero-order chi connectivity index (χ0) is 11.5. The van der Waals surface area contributed by atoms with Crippen LogP contribution < -0.4 is 4.74 Å². The van der Waals surface area contributed by atoms with E-state index in [2.05, 4.69) is 10.2 Å². The normalized spacial score (nSPS) is 12.4. The van der Waals surface area contributed by atoms with Gasteiger partial charge in [0.05, 0.1) is 12.7 Å². The first-order valence-corrected chi connectivity index (χ1v) is 4.87. The zero-order valence-corrected chi connectivity index (χ0v) is 9.04. The van der Waals surface area contributed by atoms with Crippen LogP contribution >= 0.6 is 0 Å². The Morgan fingerprint density at radius 2 is 2.06 bits per heavy atom. The molecule has 0 aliphatic heterocycles. The second-order valence-electron chi connectivity index (χ2n) is 3.32. The Morgan fingerprint density at radius 3 is 2.69 bits per heavy atom. The van der Waals surface area contributed by atoms with Gasteiger partial charge in [-0.2, -0.15) is 0 Å². The van der Waals surface area contributed by atoms with Crippen LogP contribution in [0.3, 0.4) is 0 Å². The van der Waals surface area contributed by atoms with Crippen LogP contribution in [0.15, 0.2) is 28.7 Å². The van der Waals surface area contributed by atoms with Crippen molar-refractivity contribution in [3.8, 4) is 17.2 Å². The molecule has 1 N–H and O–H groups in total. The lowest BCUT2D eigenvalue weighted by Crippen LogP contribution is -1.89. The molecule has 0 fully saturated rings. The van der Waals surface area contributed by atoms with Crippen molar-refractivity contribution in [2.45, 2.75) is 13.0 Å². The highest BCUT2D eigenvalue weighted by Crippen LogP contribution is 2.29. The lowest BCUT2D eigenvalue weighted by Gasteiger charge is -2.03. The summed E-state index contributed by atoms with van der Waals surface area (Å²) in [6, 6.07) is 7.33. The molecule has 5 heteroatoms. The highest BCUT2D eigenvalue weighted by Gasteiger charge is 2.15. The van der Waals surface area contributed by atoms with E-state index < -0.39 is 6.10 Å². The molecule has 2 rings (SSSR count). The van der Waals surface area contributed by atoms with Crippen molar-refractivity contribution >= 4 is 0 Å². The quantitative estimate of drug-likeness (QED) is 0.854. The summed E-state index contributed by atoms with van der Waals surface area (Å²) in [5, 5.41) is 16.9. The average molecular weight is 220 g/mol. The summed E-state index contributed by atoms with van der Waals surface area (Å²) < 4.78 is 10.5. The highest BCUT2D eigenvalue weighted by atomic mass is 16.5. The van der Waals surface area contributed by atoms with E-state index in [0.717, 1.165) is 0 Å². The van der Waals surface area contributed by atoms with Gasteiger partial charge in [-0.25, -0.2) is 0 Å². The van der Waals surface area contributed by atoms with Gasteiger partial charge in [-0.05, 0) is 19.1 Å². The van der Waals surface area contributed by atoms with Gasteiger partial charge in [-0.15, -0.1) is 10.2 Å². The first-order valence-electron chi connectivity index (χ1n) is 4.87. The van der Waals surface area contributed by atoms with Crippen molar-refractivity contribution in [2.24, 2.45) is 0 Å². The van der Waals surface area contributed by atoms with Crippen molar-refractivity contribution in [3.63, 3.8) is 0 Å². The Labute approximate surface area is 92.7 Å². The van der Waals surface area contributed by atoms with Crippen LogP contribution in [-0.4, -0.2) is 22.4 Å². The number of ether oxygens (including phenoxy) is 1. The van der Waals surface area contributed by atoms with Crippen LogP contribution in [0, 0.1) is 0 Å². The highest BCUT2D eigenvalue weighted by molar-refractivity contribution is 5.62. The number of aromatic nitrogens is 2. The molecule has 0 aliphatic rings. The van der Waals surface area contributed by atoms with Crippen molar-refractivity contribution in [3.05, 3.63) is 30.2 Å². The predicted molar refractivity (Wildman–Crippen MR) is 56.9 cm³/mol. The van der Waals surface area contributed by atoms with Gasteiger partial charge >= 0.3 is 0 Å². The minimum Gasteiger partial charge on any atom is -0.496 e. The van der Waals surface area contributed by atoms with E-state index in [0.29, 0.717) is 17.2 Å². The van der Waals surface area contributed by atoms with E-state index >= 15 is 0 Å². The molecule has 0 saturated heterocycles. The lowest BCUT2D eigenvalue weighted by atomic mass is 10.2. The molecule has 5 nitrogen and oxygen atoms in total. The van der Waals surface area contributed by atoms with Crippen molar-refractivity contribution < 1.29 is 14.3 Å². The third-order valence-electron chi connectivity index (χ3n) is 2.14. The predicted octanol–water partition coefficient (Wildman–Crippen LogP) is 1.80. The number of aliphatic hydroxyl groups excluding tert-OH is 1. The molecule has 0 amide bonds. The largest absolute Gasteiger partial charge is 0.496 e. The van der Waals surface area contributed by atoms with Crippen LogP contribution in [0.25, 0.3) is 11.5 Å². The zero-order valence-electron chi connectivity index (χ0n) is 9.04. The number of benzene rings is 1. The Balaban J connectivity index is 2.42. The van der Waals surface area contributed by atoms with Crippen LogP contribution in [-0.2, 0) is 0 Å². The van der Waals surface area contributed by atoms with E-state index in [-0.39, 0.29) is 5.89 Å². The summed E-state index contributed by atoms with van der Waals surface area (Å²) in [5.74, 6) is 1.19. The summed E-state index contributed by atoms with van der Waals surface area (Å²) in [6.45, 7) is 1.57. The number of rotatable bonds is 3. The second kappa shape index (κ2) is 4.32. The minimum atomic E-state index is -0.768. The number of methoxy groups -OCH3 is 1. The molecule has 1 atom stereocenters. The van der Waals surface area contributed by atoms with Gasteiger partial charge < -0.3 is 14.3 Å². The van der Waals surface area contributed by atoms with Gasteiger partial charge in [-0.1, -0.05) is 12.1 Å². The molecule has 0 aliphatic carbocycles. The molecule has 0 bridgehead atoms. The minimum absolute atomic E-state index is 0.195. The maximum atomic E-state index is 9.28. The topological polar surface area (TPSA) is 68.4 Å². The fourth-order valence-corrected chi connectivity index (χ4v) is 1.33. The number of nitrogens with zero attached hydrogens (tertiary/aromatic N) is 2. The van der Waals surface area contributed by atoms with Crippen LogP contribution in [0.1, 0.15) is 18.9 Å². The van der Waals surface area contributed by atoms with Gasteiger partial charge in [0.15, 0.2) is 0 Å². The number of hydrogen-bond donors (Lipinski definition) is 1. The number of hydrogen-bond acceptors (Lipinski definition) is 5. The summed E-state index contributed by atoms with van der Waals surface area (Å²) in [7, 11) is 1.57. The molecule has 0 radical (unpaired) electrons. The molecule has 1 heterocycles. The molecule has 1 unspecified atom stereocenters. The van der Waals surface area contributed by atoms with Crippen molar-refractivity contribution in [2.75, 3.05) is 7.11 Å². The lowest BCUT2D eigenvalue weighted by molar-refractivity contribution is 0.163. The maximum Gasteiger partial charge on any atom is 0.251 e. The average Bonchev–Trinajstić information content (AvgIpc) is 2.78. The molecule has 2 aromatic rings. The molecule has 1 aromatic heterocycles. The number of para-hydroxylation sites is 1. The van der Waals surface area contributed by atoms with E-state index in [1.54, 1.807) is 14.0 Å². The van der Waals surface area contributed by atoms with Gasteiger partial charge in [0, 0.05) is 0 Å². The molecule has 1 aromatic carbocycles. The van der Waals surface area contributed by atoms with Crippen molar-refractivity contribution in [1.82, 2.24) is 10.2 Å². The third-order valence-corrected chi connectivity index (χ3v) is 2.14. The molecule has 0 saturated carbocycles. The summed E-state index contributed by atoms with van der Waals surface area (Å²) in [6.07, 6.45) is -0.768. The van der Waals surface area contributed by atoms with E-state index in [1.165, 1.54) is 0 Å². The SMILES string of the molecule is COc1ccccc1-c1nnc(C(C)O)o1. The number of aliphatic hydroxyl groups is 1. The fraction of sp³-hybridized carbons (Fsp3) is 0.273. The van der Waals surface area contributed by atoms with E-state index in [4.69, 9.17) is 9.15 Å². The monoisotopic (exact) mass is 220 g/mol. The van der Waals surface area contributed by atoms with Crippen molar-refractivity contribution in [1.29, 1.82) is 0 Å². The second-order valence-corrected chi connectivity index (χ2v) is 3.32. The smallest absolute Gasteiger partial charge is 0.251 e. The Hall–Kier alpha value is -1.88. The third kappa shape index (κ3) is 1.90.